The van der Waals surface area contributed by atoms with Crippen molar-refractivity contribution in [1.29, 1.82) is 0 Å². The SMILES string of the molecule is CC(C)C[C@H](CC(=O)[C@H](Cc1ccccc1)NC(=O)c1cnccn1)[B-]12OC(=O)C[N+]1(C)[C@H](C)C(=O)O2. The third-order valence-corrected chi connectivity index (χ3v) is 7.71. The Hall–Kier alpha value is -3.60. The largest absolute Gasteiger partial charge is 0.600 e. The molecule has 3 heterocycles. The molecule has 0 aliphatic carbocycles. The van der Waals surface area contributed by atoms with Crippen molar-refractivity contribution in [3.8, 4) is 0 Å². The summed E-state index contributed by atoms with van der Waals surface area (Å²) >= 11 is 0. The van der Waals surface area contributed by atoms with E-state index in [2.05, 4.69) is 15.3 Å². The van der Waals surface area contributed by atoms with E-state index in [1.165, 1.54) is 18.6 Å². The van der Waals surface area contributed by atoms with E-state index in [-0.39, 0.29) is 41.2 Å². The van der Waals surface area contributed by atoms with Crippen molar-refractivity contribution in [3.05, 3.63) is 60.2 Å². The molecule has 1 amide bonds. The van der Waals surface area contributed by atoms with Crippen molar-refractivity contribution >= 4 is 30.3 Å². The molecule has 10 nitrogen and oxygen atoms in total. The van der Waals surface area contributed by atoms with E-state index in [1.54, 1.807) is 14.0 Å². The number of nitrogens with one attached hydrogen (secondary N) is 1. The smallest absolute Gasteiger partial charge is 0.587 e. The van der Waals surface area contributed by atoms with Crippen molar-refractivity contribution < 1.29 is 32.9 Å². The summed E-state index contributed by atoms with van der Waals surface area (Å²) in [6.45, 7) is 3.28. The fourth-order valence-corrected chi connectivity index (χ4v) is 5.68. The van der Waals surface area contributed by atoms with Gasteiger partial charge in [0.15, 0.2) is 5.78 Å². The molecule has 2 saturated heterocycles. The first-order valence-corrected chi connectivity index (χ1v) is 12.6. The molecule has 0 bridgehead atoms. The molecule has 0 saturated carbocycles. The monoisotopic (exact) mass is 508 g/mol. The van der Waals surface area contributed by atoms with Crippen LogP contribution in [0.4, 0.5) is 0 Å². The lowest BCUT2D eigenvalue weighted by atomic mass is 9.51. The maximum absolute atomic E-state index is 13.9. The number of Topliss-reactive ketones (excluding diaryl/α,β-unsaturated/α-hetero) is 1. The highest BCUT2D eigenvalue weighted by Crippen LogP contribution is 2.48. The fraction of sp³-hybridized carbons (Fsp3) is 0.462. The van der Waals surface area contributed by atoms with E-state index in [0.29, 0.717) is 6.42 Å². The maximum Gasteiger partial charge on any atom is 0.587 e. The molecule has 4 rings (SSSR count). The van der Waals surface area contributed by atoms with Gasteiger partial charge in [-0.05, 0) is 37.1 Å². The molecule has 2 unspecified atom stereocenters. The number of likely N-dealkylation sites (N-methyl/N-ethyl adjacent to an activating group) is 1. The van der Waals surface area contributed by atoms with Crippen molar-refractivity contribution in [2.24, 2.45) is 5.92 Å². The van der Waals surface area contributed by atoms with Crippen molar-refractivity contribution in [3.63, 3.8) is 0 Å². The zero-order valence-corrected chi connectivity index (χ0v) is 21.6. The molecule has 1 aromatic carbocycles. The average Bonchev–Trinajstić information content (AvgIpc) is 3.23. The lowest BCUT2D eigenvalue weighted by Gasteiger charge is -2.46. The van der Waals surface area contributed by atoms with Crippen LogP contribution in [0, 0.1) is 5.92 Å². The summed E-state index contributed by atoms with van der Waals surface area (Å²) in [4.78, 5) is 60.0. The molecule has 1 N–H and O–H groups in total. The summed E-state index contributed by atoms with van der Waals surface area (Å²) < 4.78 is 11.7. The van der Waals surface area contributed by atoms with Crippen LogP contribution in [-0.4, -0.2) is 70.4 Å². The summed E-state index contributed by atoms with van der Waals surface area (Å²) in [7, 11) is 1.79. The summed E-state index contributed by atoms with van der Waals surface area (Å²) in [5.74, 6) is -2.04. The van der Waals surface area contributed by atoms with Crippen molar-refractivity contribution in [2.75, 3.05) is 13.6 Å². The predicted octanol–water partition coefficient (Wildman–Crippen LogP) is 2.08. The predicted molar refractivity (Wildman–Crippen MR) is 135 cm³/mol. The van der Waals surface area contributed by atoms with Gasteiger partial charge in [-0.25, -0.2) is 9.78 Å². The number of aromatic nitrogens is 2. The van der Waals surface area contributed by atoms with Gasteiger partial charge in [-0.1, -0.05) is 50.6 Å². The number of quaternary nitrogens is 1. The van der Waals surface area contributed by atoms with Crippen LogP contribution in [0.25, 0.3) is 0 Å². The first-order valence-electron chi connectivity index (χ1n) is 12.6. The molecule has 2 aliphatic rings. The highest BCUT2D eigenvalue weighted by Gasteiger charge is 2.71. The van der Waals surface area contributed by atoms with Gasteiger partial charge in [-0.15, -0.1) is 0 Å². The minimum absolute atomic E-state index is 0.00233. The normalized spacial score (nSPS) is 26.2. The van der Waals surface area contributed by atoms with E-state index in [1.807, 2.05) is 44.2 Å². The first-order chi connectivity index (χ1) is 17.6. The Kier molecular flexibility index (Phi) is 7.45. The molecule has 0 radical (unpaired) electrons. The summed E-state index contributed by atoms with van der Waals surface area (Å²) in [5.41, 5.74) is 0.973. The number of hydrogen-bond acceptors (Lipinski definition) is 8. The quantitative estimate of drug-likeness (QED) is 0.484. The third kappa shape index (κ3) is 5.13. The molecule has 2 aromatic rings. The number of hydrogen-bond donors (Lipinski definition) is 1. The number of carbonyl (C=O) groups is 4. The molecule has 196 valence electrons. The molecule has 11 heteroatoms. The Morgan fingerprint density at radius 1 is 1.16 bits per heavy atom. The van der Waals surface area contributed by atoms with Crippen LogP contribution >= 0.6 is 0 Å². The van der Waals surface area contributed by atoms with Gasteiger partial charge in [-0.2, -0.15) is 0 Å². The second kappa shape index (κ2) is 10.4. The van der Waals surface area contributed by atoms with E-state index in [9.17, 15) is 19.2 Å². The molecular formula is C26H33BN4O6. The first kappa shape index (κ1) is 26.5. The molecule has 1 aromatic heterocycles. The number of ketones is 1. The fourth-order valence-electron chi connectivity index (χ4n) is 5.68. The number of carbonyl (C=O) groups excluding carboxylic acids is 4. The van der Waals surface area contributed by atoms with E-state index < -0.39 is 42.4 Å². The average molecular weight is 508 g/mol. The lowest BCUT2D eigenvalue weighted by molar-refractivity contribution is -0.817. The van der Waals surface area contributed by atoms with Gasteiger partial charge >= 0.3 is 18.6 Å². The Balaban J connectivity index is 1.64. The maximum atomic E-state index is 13.9. The van der Waals surface area contributed by atoms with Gasteiger partial charge < -0.3 is 19.0 Å². The van der Waals surface area contributed by atoms with E-state index in [4.69, 9.17) is 9.31 Å². The van der Waals surface area contributed by atoms with Crippen LogP contribution in [-0.2, 0) is 30.1 Å². The van der Waals surface area contributed by atoms with Crippen LogP contribution in [0.1, 0.15) is 49.7 Å². The van der Waals surface area contributed by atoms with Crippen LogP contribution in [0.3, 0.4) is 0 Å². The molecule has 2 fully saturated rings. The minimum Gasteiger partial charge on any atom is -0.600 e. The summed E-state index contributed by atoms with van der Waals surface area (Å²) in [5, 5.41) is 2.82. The van der Waals surface area contributed by atoms with Crippen LogP contribution in [0.15, 0.2) is 48.9 Å². The van der Waals surface area contributed by atoms with E-state index >= 15 is 0 Å². The van der Waals surface area contributed by atoms with Crippen LogP contribution < -0.4 is 5.32 Å². The van der Waals surface area contributed by atoms with E-state index in [0.717, 1.165) is 5.56 Å². The Labute approximate surface area is 216 Å². The minimum atomic E-state index is -2.46. The highest BCUT2D eigenvalue weighted by atomic mass is 16.7. The standard InChI is InChI=1S/C26H33BN4O6/c1-17(2)12-20(27-31(4,16-24(33)36-27)18(3)26(35)37-27)14-23(32)21(13-19-8-6-5-7-9-19)30-25(34)22-15-28-10-11-29-22/h5-11,15,17-18,20-21H,12-14,16H2,1-4H3,(H,30,34)/t18-,20-,21+,27?,31?/m1/s1. The second-order valence-electron chi connectivity index (χ2n) is 10.7. The van der Waals surface area contributed by atoms with Gasteiger partial charge in [0.2, 0.25) is 0 Å². The van der Waals surface area contributed by atoms with Gasteiger partial charge in [0, 0.05) is 19.4 Å². The summed E-state index contributed by atoms with van der Waals surface area (Å²) in [6, 6.07) is 7.92. The number of fused-ring (bicyclic) bond motifs is 1. The number of amides is 1. The van der Waals surface area contributed by atoms with Gasteiger partial charge in [0.05, 0.1) is 12.2 Å². The van der Waals surface area contributed by atoms with Gasteiger partial charge in [-0.3, -0.25) is 19.4 Å². The Morgan fingerprint density at radius 3 is 2.54 bits per heavy atom. The number of nitrogens with zero attached hydrogens (tertiary/aromatic N) is 3. The molecule has 37 heavy (non-hydrogen) atoms. The third-order valence-electron chi connectivity index (χ3n) is 7.71. The topological polar surface area (TPSA) is 125 Å². The Bertz CT molecular complexity index is 1180. The molecule has 0 spiro atoms. The molecular weight excluding hydrogens is 475 g/mol. The summed E-state index contributed by atoms with van der Waals surface area (Å²) in [6.07, 6.45) is 4.95. The number of rotatable bonds is 10. The van der Waals surface area contributed by atoms with Crippen LogP contribution in [0.5, 0.6) is 0 Å². The molecule has 5 atom stereocenters. The molecule has 2 aliphatic heterocycles. The zero-order valence-electron chi connectivity index (χ0n) is 21.6. The van der Waals surface area contributed by atoms with Crippen molar-refractivity contribution in [2.45, 2.75) is 57.9 Å². The Morgan fingerprint density at radius 2 is 1.89 bits per heavy atom. The lowest BCUT2D eigenvalue weighted by Crippen LogP contribution is -2.65. The highest BCUT2D eigenvalue weighted by molar-refractivity contribution is 6.68. The van der Waals surface area contributed by atoms with Gasteiger partial charge in [0.25, 0.3) is 5.91 Å². The number of benzene rings is 1. The zero-order chi connectivity index (χ0) is 26.8. The second-order valence-corrected chi connectivity index (χ2v) is 10.7. The van der Waals surface area contributed by atoms with Crippen LogP contribution in [0.2, 0.25) is 5.82 Å². The van der Waals surface area contributed by atoms with Crippen molar-refractivity contribution in [1.82, 2.24) is 15.3 Å². The van der Waals surface area contributed by atoms with Gasteiger partial charge in [0.1, 0.15) is 18.3 Å².